The molecule has 1 unspecified atom stereocenters. The van der Waals surface area contributed by atoms with Crippen molar-refractivity contribution in [3.05, 3.63) is 62.1 Å². The SMILES string of the molecule is O=C(NC(NC(=S)Nc1ccc(Cl)cc1Cl)C(Cl)(Cl)Cl)c1ccc(Cl)cc1Cl. The minimum atomic E-state index is -1.94. The summed E-state index contributed by atoms with van der Waals surface area (Å²) in [4.78, 5) is 12.5. The van der Waals surface area contributed by atoms with Gasteiger partial charge >= 0.3 is 0 Å². The van der Waals surface area contributed by atoms with Gasteiger partial charge in [0.1, 0.15) is 6.17 Å². The zero-order chi connectivity index (χ0) is 21.1. The fourth-order valence-corrected chi connectivity index (χ4v) is 3.47. The van der Waals surface area contributed by atoms with E-state index in [2.05, 4.69) is 16.0 Å². The van der Waals surface area contributed by atoms with Gasteiger partial charge in [-0.1, -0.05) is 81.2 Å². The van der Waals surface area contributed by atoms with E-state index in [0.29, 0.717) is 20.8 Å². The van der Waals surface area contributed by atoms with Crippen LogP contribution in [0.15, 0.2) is 36.4 Å². The first kappa shape index (κ1) is 23.9. The molecule has 0 aliphatic rings. The van der Waals surface area contributed by atoms with E-state index >= 15 is 0 Å². The van der Waals surface area contributed by atoms with Gasteiger partial charge in [0.15, 0.2) is 5.11 Å². The number of nitrogens with one attached hydrogen (secondary N) is 3. The van der Waals surface area contributed by atoms with E-state index in [4.69, 9.17) is 93.4 Å². The second-order valence-electron chi connectivity index (χ2n) is 5.29. The van der Waals surface area contributed by atoms with Crippen LogP contribution in [0.4, 0.5) is 5.69 Å². The van der Waals surface area contributed by atoms with Crippen LogP contribution < -0.4 is 16.0 Å². The first-order valence-electron chi connectivity index (χ1n) is 7.32. The first-order valence-corrected chi connectivity index (χ1v) is 10.4. The number of carbonyl (C=O) groups excluding carboxylic acids is 1. The number of halogens is 7. The average Bonchev–Trinajstić information content (AvgIpc) is 2.55. The molecule has 2 aromatic carbocycles. The van der Waals surface area contributed by atoms with E-state index in [1.807, 2.05) is 0 Å². The monoisotopic (exact) mass is 537 g/mol. The van der Waals surface area contributed by atoms with Gasteiger partial charge in [0.05, 0.1) is 21.3 Å². The molecule has 2 rings (SSSR count). The number of hydrogen-bond donors (Lipinski definition) is 3. The summed E-state index contributed by atoms with van der Waals surface area (Å²) in [5, 5.41) is 9.41. The van der Waals surface area contributed by atoms with Gasteiger partial charge in [-0.3, -0.25) is 4.79 Å². The summed E-state index contributed by atoms with van der Waals surface area (Å²) in [7, 11) is 0. The van der Waals surface area contributed by atoms with E-state index in [9.17, 15) is 4.79 Å². The number of carbonyl (C=O) groups is 1. The third-order valence-corrected chi connectivity index (χ3v) is 5.20. The molecular formula is C16H10Cl7N3OS. The molecule has 2 aromatic rings. The van der Waals surface area contributed by atoms with Gasteiger partial charge in [0.2, 0.25) is 3.79 Å². The lowest BCUT2D eigenvalue weighted by atomic mass is 10.2. The van der Waals surface area contributed by atoms with E-state index in [0.717, 1.165) is 0 Å². The number of rotatable bonds is 4. The van der Waals surface area contributed by atoms with Crippen LogP contribution in [-0.2, 0) is 0 Å². The van der Waals surface area contributed by atoms with Gasteiger partial charge in [0, 0.05) is 10.0 Å². The van der Waals surface area contributed by atoms with Crippen LogP contribution in [0, 0.1) is 0 Å². The maximum absolute atomic E-state index is 12.5. The second-order valence-corrected chi connectivity index (χ2v) is 9.76. The molecule has 3 N–H and O–H groups in total. The molecule has 150 valence electrons. The van der Waals surface area contributed by atoms with Crippen molar-refractivity contribution in [2.75, 3.05) is 5.32 Å². The zero-order valence-corrected chi connectivity index (χ0v) is 19.6. The van der Waals surface area contributed by atoms with Gasteiger partial charge in [-0.2, -0.15) is 0 Å². The van der Waals surface area contributed by atoms with Crippen molar-refractivity contribution in [2.24, 2.45) is 0 Å². The highest BCUT2D eigenvalue weighted by Gasteiger charge is 2.35. The van der Waals surface area contributed by atoms with Crippen LogP contribution >= 0.6 is 93.4 Å². The Morgan fingerprint density at radius 3 is 2.00 bits per heavy atom. The molecule has 0 aromatic heterocycles. The zero-order valence-electron chi connectivity index (χ0n) is 13.5. The summed E-state index contributed by atoms with van der Waals surface area (Å²) >= 11 is 46.9. The Bertz CT molecular complexity index is 904. The summed E-state index contributed by atoms with van der Waals surface area (Å²) in [5.74, 6) is -0.599. The Hall–Kier alpha value is -0.370. The number of anilines is 1. The maximum atomic E-state index is 12.5. The van der Waals surface area contributed by atoms with Crippen molar-refractivity contribution >= 4 is 110 Å². The molecule has 0 radical (unpaired) electrons. The van der Waals surface area contributed by atoms with E-state index < -0.39 is 15.9 Å². The molecule has 4 nitrogen and oxygen atoms in total. The molecule has 0 heterocycles. The number of thiocarbonyl (C=S) groups is 1. The van der Waals surface area contributed by atoms with Gasteiger partial charge in [0.25, 0.3) is 5.91 Å². The molecule has 1 atom stereocenters. The standard InChI is InChI=1S/C16H10Cl7N3OS/c17-7-1-3-9(10(19)5-7)13(27)25-14(16(21,22)23)26-15(28)24-12-4-2-8(18)6-11(12)20/h1-6,14H,(H,25,27)(H2,24,26,28). The summed E-state index contributed by atoms with van der Waals surface area (Å²) in [6.07, 6.45) is -1.19. The highest BCUT2D eigenvalue weighted by atomic mass is 35.6. The molecule has 0 bridgehead atoms. The van der Waals surface area contributed by atoms with Crippen LogP contribution in [0.2, 0.25) is 20.1 Å². The molecule has 12 heteroatoms. The van der Waals surface area contributed by atoms with Gasteiger partial charge in [-0.05, 0) is 48.6 Å². The Morgan fingerprint density at radius 2 is 1.46 bits per heavy atom. The predicted octanol–water partition coefficient (Wildman–Crippen LogP) is 6.71. The highest BCUT2D eigenvalue weighted by Crippen LogP contribution is 2.30. The van der Waals surface area contributed by atoms with Crippen molar-refractivity contribution in [2.45, 2.75) is 9.96 Å². The van der Waals surface area contributed by atoms with Crippen molar-refractivity contribution in [1.82, 2.24) is 10.6 Å². The van der Waals surface area contributed by atoms with Crippen LogP contribution in [0.5, 0.6) is 0 Å². The Balaban J connectivity index is 2.13. The average molecular weight is 541 g/mol. The normalized spacial score (nSPS) is 12.2. The first-order chi connectivity index (χ1) is 13.0. The quantitative estimate of drug-likeness (QED) is 0.229. The molecule has 0 saturated carbocycles. The topological polar surface area (TPSA) is 53.2 Å². The molecule has 0 spiro atoms. The smallest absolute Gasteiger partial charge is 0.254 e. The van der Waals surface area contributed by atoms with E-state index in [-0.39, 0.29) is 15.7 Å². The maximum Gasteiger partial charge on any atom is 0.254 e. The van der Waals surface area contributed by atoms with Crippen molar-refractivity contribution in [3.63, 3.8) is 0 Å². The second kappa shape index (κ2) is 10.1. The van der Waals surface area contributed by atoms with Gasteiger partial charge < -0.3 is 16.0 Å². The lowest BCUT2D eigenvalue weighted by Gasteiger charge is -2.28. The Kier molecular flexibility index (Phi) is 8.62. The lowest BCUT2D eigenvalue weighted by Crippen LogP contribution is -2.56. The number of benzene rings is 2. The van der Waals surface area contributed by atoms with Crippen molar-refractivity contribution in [1.29, 1.82) is 0 Å². The fraction of sp³-hybridized carbons (Fsp3) is 0.125. The summed E-state index contributed by atoms with van der Waals surface area (Å²) < 4.78 is -1.94. The van der Waals surface area contributed by atoms with E-state index in [1.165, 1.54) is 24.3 Å². The molecule has 0 saturated heterocycles. The number of alkyl halides is 3. The van der Waals surface area contributed by atoms with E-state index in [1.54, 1.807) is 12.1 Å². The Morgan fingerprint density at radius 1 is 0.893 bits per heavy atom. The van der Waals surface area contributed by atoms with Crippen molar-refractivity contribution in [3.8, 4) is 0 Å². The highest BCUT2D eigenvalue weighted by molar-refractivity contribution is 7.80. The Labute approximate surface area is 201 Å². The summed E-state index contributed by atoms with van der Waals surface area (Å²) in [6.45, 7) is 0. The van der Waals surface area contributed by atoms with Crippen LogP contribution in [-0.4, -0.2) is 21.0 Å². The lowest BCUT2D eigenvalue weighted by molar-refractivity contribution is 0.0934. The van der Waals surface area contributed by atoms with Crippen LogP contribution in [0.3, 0.4) is 0 Å². The van der Waals surface area contributed by atoms with Crippen LogP contribution in [0.25, 0.3) is 0 Å². The van der Waals surface area contributed by atoms with Crippen LogP contribution in [0.1, 0.15) is 10.4 Å². The van der Waals surface area contributed by atoms with Gasteiger partial charge in [-0.25, -0.2) is 0 Å². The summed E-state index contributed by atoms with van der Waals surface area (Å²) in [5.41, 5.74) is 0.616. The molecule has 0 fully saturated rings. The fourth-order valence-electron chi connectivity index (χ4n) is 1.96. The van der Waals surface area contributed by atoms with Crippen molar-refractivity contribution < 1.29 is 4.79 Å². The summed E-state index contributed by atoms with van der Waals surface area (Å²) in [6, 6.07) is 9.15. The largest absolute Gasteiger partial charge is 0.339 e. The number of hydrogen-bond acceptors (Lipinski definition) is 2. The predicted molar refractivity (Wildman–Crippen MR) is 124 cm³/mol. The number of amides is 1. The molecule has 0 aliphatic heterocycles. The third kappa shape index (κ3) is 6.85. The minimum Gasteiger partial charge on any atom is -0.339 e. The molecule has 1 amide bonds. The molecular weight excluding hydrogens is 530 g/mol. The molecule has 28 heavy (non-hydrogen) atoms. The minimum absolute atomic E-state index is 0.0445. The third-order valence-electron chi connectivity index (χ3n) is 3.23. The molecule has 0 aliphatic carbocycles. The van der Waals surface area contributed by atoms with Gasteiger partial charge in [-0.15, -0.1) is 0 Å².